The average Bonchev–Trinajstić information content (AvgIpc) is 2.47. The van der Waals surface area contributed by atoms with Crippen LogP contribution in [0.2, 0.25) is 0 Å². The summed E-state index contributed by atoms with van der Waals surface area (Å²) in [6.07, 6.45) is 6.66. The Morgan fingerprint density at radius 2 is 2.05 bits per heavy atom. The van der Waals surface area contributed by atoms with Crippen molar-refractivity contribution < 1.29 is 4.79 Å². The molecular weight excluding hydrogens is 240 g/mol. The molecule has 0 unspecified atom stereocenters. The van der Waals surface area contributed by atoms with Gasteiger partial charge in [0.15, 0.2) is 5.69 Å². The molecule has 1 aromatic heterocycles. The number of amides is 1. The second-order valence-corrected chi connectivity index (χ2v) is 5.05. The van der Waals surface area contributed by atoms with Crippen molar-refractivity contribution in [1.82, 2.24) is 15.5 Å². The lowest BCUT2D eigenvalue weighted by molar-refractivity contribution is 0.0950. The molecule has 0 bridgehead atoms. The summed E-state index contributed by atoms with van der Waals surface area (Å²) >= 11 is 0. The Morgan fingerprint density at radius 1 is 1.26 bits per heavy atom. The van der Waals surface area contributed by atoms with Crippen LogP contribution in [0.25, 0.3) is 0 Å². The molecule has 2 rings (SSSR count). The van der Waals surface area contributed by atoms with Crippen molar-refractivity contribution in [3.05, 3.63) is 17.8 Å². The van der Waals surface area contributed by atoms with E-state index in [9.17, 15) is 4.79 Å². The molecule has 1 aliphatic rings. The largest absolute Gasteiger partial charge is 0.368 e. The Balaban J connectivity index is 1.82. The molecular formula is C14H22N4O. The van der Waals surface area contributed by atoms with E-state index in [1.807, 2.05) is 13.0 Å². The van der Waals surface area contributed by atoms with E-state index in [-0.39, 0.29) is 5.91 Å². The van der Waals surface area contributed by atoms with Gasteiger partial charge in [-0.25, -0.2) is 0 Å². The van der Waals surface area contributed by atoms with E-state index < -0.39 is 0 Å². The molecule has 1 saturated carbocycles. The Kier molecular flexibility index (Phi) is 5.12. The van der Waals surface area contributed by atoms with Gasteiger partial charge in [0.05, 0.1) is 0 Å². The molecule has 1 fully saturated rings. The summed E-state index contributed by atoms with van der Waals surface area (Å²) in [5, 5.41) is 14.0. The summed E-state index contributed by atoms with van der Waals surface area (Å²) in [4.78, 5) is 11.5. The molecule has 0 atom stereocenters. The number of rotatable bonds is 5. The van der Waals surface area contributed by atoms with Crippen LogP contribution in [0, 0.1) is 5.92 Å². The van der Waals surface area contributed by atoms with Crippen LogP contribution >= 0.6 is 0 Å². The molecule has 0 aliphatic heterocycles. The van der Waals surface area contributed by atoms with Gasteiger partial charge in [-0.15, -0.1) is 10.2 Å². The lowest BCUT2D eigenvalue weighted by atomic mass is 9.89. The number of nitrogens with zero attached hydrogens (tertiary/aromatic N) is 2. The first-order chi connectivity index (χ1) is 9.29. The topological polar surface area (TPSA) is 66.9 Å². The van der Waals surface area contributed by atoms with E-state index in [1.165, 1.54) is 32.1 Å². The third kappa shape index (κ3) is 4.19. The van der Waals surface area contributed by atoms with Crippen LogP contribution in [0.4, 0.5) is 5.82 Å². The first kappa shape index (κ1) is 13.8. The molecule has 5 nitrogen and oxygen atoms in total. The van der Waals surface area contributed by atoms with Gasteiger partial charge in [0.2, 0.25) is 0 Å². The van der Waals surface area contributed by atoms with Gasteiger partial charge >= 0.3 is 0 Å². The minimum Gasteiger partial charge on any atom is -0.368 e. The van der Waals surface area contributed by atoms with Gasteiger partial charge in [0, 0.05) is 13.1 Å². The maximum Gasteiger partial charge on any atom is 0.271 e. The molecule has 1 amide bonds. The van der Waals surface area contributed by atoms with Gasteiger partial charge in [-0.05, 0) is 37.8 Å². The molecule has 1 aliphatic carbocycles. The van der Waals surface area contributed by atoms with Crippen LogP contribution < -0.4 is 10.6 Å². The van der Waals surface area contributed by atoms with Gasteiger partial charge in [-0.2, -0.15) is 0 Å². The maximum absolute atomic E-state index is 11.5. The van der Waals surface area contributed by atoms with Crippen molar-refractivity contribution in [2.24, 2.45) is 5.92 Å². The van der Waals surface area contributed by atoms with E-state index in [4.69, 9.17) is 0 Å². The minimum absolute atomic E-state index is 0.172. The van der Waals surface area contributed by atoms with Gasteiger partial charge < -0.3 is 10.6 Å². The molecule has 1 heterocycles. The third-order valence-corrected chi connectivity index (χ3v) is 3.53. The predicted molar refractivity (Wildman–Crippen MR) is 75.1 cm³/mol. The molecule has 0 radical (unpaired) electrons. The van der Waals surface area contributed by atoms with E-state index in [0.717, 1.165) is 18.3 Å². The predicted octanol–water partition coefficient (Wildman–Crippen LogP) is 2.22. The highest BCUT2D eigenvalue weighted by Gasteiger charge is 2.13. The fourth-order valence-corrected chi connectivity index (χ4v) is 2.44. The van der Waals surface area contributed by atoms with Crippen LogP contribution in [-0.2, 0) is 0 Å². The van der Waals surface area contributed by atoms with Crippen molar-refractivity contribution in [3.8, 4) is 0 Å². The molecule has 19 heavy (non-hydrogen) atoms. The van der Waals surface area contributed by atoms with Crippen molar-refractivity contribution >= 4 is 11.7 Å². The van der Waals surface area contributed by atoms with E-state index in [0.29, 0.717) is 12.2 Å². The van der Waals surface area contributed by atoms with Crippen molar-refractivity contribution in [3.63, 3.8) is 0 Å². The number of hydrogen-bond donors (Lipinski definition) is 2. The standard InChI is InChI=1S/C14H22N4O/c1-2-15-14(19)12-8-9-13(18-17-12)16-10-11-6-4-3-5-7-11/h8-9,11H,2-7,10H2,1H3,(H,15,19)(H,16,18). The summed E-state index contributed by atoms with van der Waals surface area (Å²) in [5.41, 5.74) is 0.366. The normalized spacial score (nSPS) is 16.1. The summed E-state index contributed by atoms with van der Waals surface area (Å²) in [6, 6.07) is 3.53. The van der Waals surface area contributed by atoms with E-state index >= 15 is 0 Å². The van der Waals surface area contributed by atoms with Crippen LogP contribution in [0.1, 0.15) is 49.5 Å². The molecule has 104 valence electrons. The second kappa shape index (κ2) is 7.07. The lowest BCUT2D eigenvalue weighted by Crippen LogP contribution is -2.24. The highest BCUT2D eigenvalue weighted by molar-refractivity contribution is 5.92. The number of anilines is 1. The molecule has 5 heteroatoms. The molecule has 0 spiro atoms. The van der Waals surface area contributed by atoms with Gasteiger partial charge in [0.1, 0.15) is 5.82 Å². The fourth-order valence-electron chi connectivity index (χ4n) is 2.44. The molecule has 0 saturated heterocycles. The first-order valence-corrected chi connectivity index (χ1v) is 7.15. The number of carbonyl (C=O) groups is 1. The fraction of sp³-hybridized carbons (Fsp3) is 0.643. The Morgan fingerprint density at radius 3 is 2.68 bits per heavy atom. The minimum atomic E-state index is -0.172. The zero-order chi connectivity index (χ0) is 13.5. The van der Waals surface area contributed by atoms with E-state index in [2.05, 4.69) is 20.8 Å². The van der Waals surface area contributed by atoms with Gasteiger partial charge in [-0.3, -0.25) is 4.79 Å². The lowest BCUT2D eigenvalue weighted by Gasteiger charge is -2.21. The zero-order valence-electron chi connectivity index (χ0n) is 11.5. The summed E-state index contributed by atoms with van der Waals surface area (Å²) in [5.74, 6) is 1.33. The highest BCUT2D eigenvalue weighted by atomic mass is 16.1. The number of aromatic nitrogens is 2. The molecule has 0 aromatic carbocycles. The SMILES string of the molecule is CCNC(=O)c1ccc(NCC2CCCCC2)nn1. The van der Waals surface area contributed by atoms with E-state index in [1.54, 1.807) is 6.07 Å². The van der Waals surface area contributed by atoms with Gasteiger partial charge in [0.25, 0.3) is 5.91 Å². The quantitative estimate of drug-likeness (QED) is 0.854. The second-order valence-electron chi connectivity index (χ2n) is 5.05. The van der Waals surface area contributed by atoms with Crippen LogP contribution in [0.5, 0.6) is 0 Å². The number of nitrogens with one attached hydrogen (secondary N) is 2. The number of hydrogen-bond acceptors (Lipinski definition) is 4. The maximum atomic E-state index is 11.5. The molecule has 2 N–H and O–H groups in total. The first-order valence-electron chi connectivity index (χ1n) is 7.15. The smallest absolute Gasteiger partial charge is 0.271 e. The van der Waals surface area contributed by atoms with Crippen LogP contribution in [0.3, 0.4) is 0 Å². The summed E-state index contributed by atoms with van der Waals surface area (Å²) in [6.45, 7) is 3.43. The highest BCUT2D eigenvalue weighted by Crippen LogP contribution is 2.23. The van der Waals surface area contributed by atoms with Crippen molar-refractivity contribution in [2.45, 2.75) is 39.0 Å². The Bertz CT molecular complexity index is 398. The summed E-state index contributed by atoms with van der Waals surface area (Å²) in [7, 11) is 0. The van der Waals surface area contributed by atoms with Crippen molar-refractivity contribution in [2.75, 3.05) is 18.4 Å². The molecule has 1 aromatic rings. The Hall–Kier alpha value is -1.65. The van der Waals surface area contributed by atoms with Crippen LogP contribution in [0.15, 0.2) is 12.1 Å². The Labute approximate surface area is 114 Å². The van der Waals surface area contributed by atoms with Gasteiger partial charge in [-0.1, -0.05) is 19.3 Å². The third-order valence-electron chi connectivity index (χ3n) is 3.53. The van der Waals surface area contributed by atoms with Crippen LogP contribution in [-0.4, -0.2) is 29.2 Å². The monoisotopic (exact) mass is 262 g/mol. The van der Waals surface area contributed by atoms with Crippen molar-refractivity contribution in [1.29, 1.82) is 0 Å². The zero-order valence-corrected chi connectivity index (χ0v) is 11.5. The number of carbonyl (C=O) groups excluding carboxylic acids is 1. The average molecular weight is 262 g/mol. The summed E-state index contributed by atoms with van der Waals surface area (Å²) < 4.78 is 0.